The number of unbranched alkanes of at least 4 members (excludes halogenated alkanes) is 4. The van der Waals surface area contributed by atoms with Crippen molar-refractivity contribution in [1.29, 1.82) is 0 Å². The van der Waals surface area contributed by atoms with Gasteiger partial charge in [-0.2, -0.15) is 0 Å². The summed E-state index contributed by atoms with van der Waals surface area (Å²) in [5, 5.41) is 5.96. The summed E-state index contributed by atoms with van der Waals surface area (Å²) in [4.78, 5) is 26.6. The molecule has 174 valence electrons. The highest BCUT2D eigenvalue weighted by molar-refractivity contribution is 5.98. The van der Waals surface area contributed by atoms with E-state index < -0.39 is 0 Å². The molecule has 2 aromatic carbocycles. The average Bonchev–Trinajstić information content (AvgIpc) is 2.81. The molecule has 0 aliphatic rings. The molecule has 0 heterocycles. The van der Waals surface area contributed by atoms with Crippen molar-refractivity contribution >= 4 is 23.2 Å². The summed E-state index contributed by atoms with van der Waals surface area (Å²) >= 11 is 0. The van der Waals surface area contributed by atoms with Crippen molar-refractivity contribution in [1.82, 2.24) is 4.90 Å². The van der Waals surface area contributed by atoms with Crippen LogP contribution >= 0.6 is 0 Å². The van der Waals surface area contributed by atoms with Crippen molar-refractivity contribution in [3.8, 4) is 5.75 Å². The minimum absolute atomic E-state index is 0.0347. The van der Waals surface area contributed by atoms with Crippen molar-refractivity contribution in [2.75, 3.05) is 36.9 Å². The number of anilines is 2. The molecular formula is C26H37N3O3. The van der Waals surface area contributed by atoms with Gasteiger partial charge in [-0.25, -0.2) is 0 Å². The van der Waals surface area contributed by atoms with E-state index in [9.17, 15) is 9.59 Å². The Hall–Kier alpha value is -3.02. The van der Waals surface area contributed by atoms with Crippen molar-refractivity contribution in [3.63, 3.8) is 0 Å². The van der Waals surface area contributed by atoms with Crippen molar-refractivity contribution in [3.05, 3.63) is 54.1 Å². The summed E-state index contributed by atoms with van der Waals surface area (Å²) in [6, 6.07) is 14.7. The highest BCUT2D eigenvalue weighted by Crippen LogP contribution is 2.17. The van der Waals surface area contributed by atoms with Crippen LogP contribution in [0.2, 0.25) is 0 Å². The lowest BCUT2D eigenvalue weighted by atomic mass is 10.1. The van der Waals surface area contributed by atoms with Crippen molar-refractivity contribution < 1.29 is 14.3 Å². The Bertz CT molecular complexity index is 832. The average molecular weight is 440 g/mol. The number of benzene rings is 2. The Morgan fingerprint density at radius 3 is 2.28 bits per heavy atom. The molecule has 2 N–H and O–H groups in total. The van der Waals surface area contributed by atoms with Gasteiger partial charge in [0.15, 0.2) is 0 Å². The van der Waals surface area contributed by atoms with Crippen LogP contribution in [0.4, 0.5) is 11.4 Å². The molecule has 0 radical (unpaired) electrons. The van der Waals surface area contributed by atoms with E-state index in [1.807, 2.05) is 38.1 Å². The van der Waals surface area contributed by atoms with E-state index >= 15 is 0 Å². The van der Waals surface area contributed by atoms with Crippen LogP contribution in [0, 0.1) is 0 Å². The maximum absolute atomic E-state index is 12.5. The number of amides is 2. The van der Waals surface area contributed by atoms with E-state index in [0.717, 1.165) is 24.5 Å². The molecule has 2 rings (SSSR count). The Morgan fingerprint density at radius 2 is 1.59 bits per heavy atom. The summed E-state index contributed by atoms with van der Waals surface area (Å²) in [5.41, 5.74) is 2.03. The van der Waals surface area contributed by atoms with E-state index in [-0.39, 0.29) is 18.4 Å². The minimum Gasteiger partial charge on any atom is -0.494 e. The quantitative estimate of drug-likeness (QED) is 0.378. The second-order valence-corrected chi connectivity index (χ2v) is 7.75. The zero-order valence-electron chi connectivity index (χ0n) is 19.7. The zero-order valence-corrected chi connectivity index (χ0v) is 19.7. The largest absolute Gasteiger partial charge is 0.494 e. The molecule has 0 saturated carbocycles. The minimum atomic E-state index is -0.176. The number of rotatable bonds is 14. The topological polar surface area (TPSA) is 70.7 Å². The van der Waals surface area contributed by atoms with Gasteiger partial charge >= 0.3 is 0 Å². The first kappa shape index (κ1) is 25.2. The summed E-state index contributed by atoms with van der Waals surface area (Å²) in [7, 11) is 0. The molecule has 0 aromatic heterocycles. The molecule has 0 aliphatic carbocycles. The summed E-state index contributed by atoms with van der Waals surface area (Å²) < 4.78 is 5.77. The van der Waals surface area contributed by atoms with Gasteiger partial charge in [-0.1, -0.05) is 38.7 Å². The van der Waals surface area contributed by atoms with Crippen LogP contribution in [-0.2, 0) is 4.79 Å². The second kappa shape index (κ2) is 14.1. The highest BCUT2D eigenvalue weighted by atomic mass is 16.5. The van der Waals surface area contributed by atoms with E-state index in [1.165, 1.54) is 25.7 Å². The van der Waals surface area contributed by atoms with Gasteiger partial charge in [-0.3, -0.25) is 9.59 Å². The fourth-order valence-corrected chi connectivity index (χ4v) is 3.38. The third-order valence-electron chi connectivity index (χ3n) is 5.27. The molecule has 0 bridgehead atoms. The lowest BCUT2D eigenvalue weighted by Gasteiger charge is -2.19. The highest BCUT2D eigenvalue weighted by Gasteiger charge is 2.13. The molecule has 0 unspecified atom stereocenters. The normalized spacial score (nSPS) is 10.5. The molecular weight excluding hydrogens is 402 g/mol. The lowest BCUT2D eigenvalue weighted by molar-refractivity contribution is -0.114. The van der Waals surface area contributed by atoms with Crippen LogP contribution in [0.5, 0.6) is 5.75 Å². The first-order chi connectivity index (χ1) is 15.6. The molecule has 2 aromatic rings. The van der Waals surface area contributed by atoms with Gasteiger partial charge in [-0.05, 0) is 62.7 Å². The number of carbonyl (C=O) groups excluding carboxylic acids is 2. The van der Waals surface area contributed by atoms with E-state index in [1.54, 1.807) is 29.2 Å². The summed E-state index contributed by atoms with van der Waals surface area (Å²) in [6.45, 7) is 8.28. The predicted octanol–water partition coefficient (Wildman–Crippen LogP) is 5.57. The molecule has 0 aliphatic heterocycles. The molecule has 6 nitrogen and oxygen atoms in total. The van der Waals surface area contributed by atoms with Crippen LogP contribution in [0.25, 0.3) is 0 Å². The van der Waals surface area contributed by atoms with E-state index in [2.05, 4.69) is 17.6 Å². The standard InChI is InChI=1S/C26H37N3O3/c1-4-7-8-9-10-18-32-24-16-14-22(15-17-24)27-20-25(30)28-23-13-11-12-21(19-23)26(31)29(5-2)6-3/h11-17,19,27H,4-10,18,20H2,1-3H3,(H,28,30). The zero-order chi connectivity index (χ0) is 23.2. The Morgan fingerprint density at radius 1 is 0.875 bits per heavy atom. The van der Waals surface area contributed by atoms with E-state index in [0.29, 0.717) is 24.3 Å². The fourth-order valence-electron chi connectivity index (χ4n) is 3.38. The number of nitrogens with zero attached hydrogens (tertiary/aromatic N) is 1. The first-order valence-corrected chi connectivity index (χ1v) is 11.7. The number of hydrogen-bond donors (Lipinski definition) is 2. The molecule has 0 saturated heterocycles. The second-order valence-electron chi connectivity index (χ2n) is 7.75. The molecule has 0 fully saturated rings. The van der Waals surface area contributed by atoms with Gasteiger partial charge in [0.2, 0.25) is 5.91 Å². The fraction of sp³-hybridized carbons (Fsp3) is 0.462. The first-order valence-electron chi connectivity index (χ1n) is 11.7. The predicted molar refractivity (Wildman–Crippen MR) is 132 cm³/mol. The van der Waals surface area contributed by atoms with Crippen molar-refractivity contribution in [2.24, 2.45) is 0 Å². The number of ether oxygens (including phenoxy) is 1. The third kappa shape index (κ3) is 8.61. The van der Waals surface area contributed by atoms with Crippen LogP contribution in [0.15, 0.2) is 48.5 Å². The maximum atomic E-state index is 12.5. The number of nitrogens with one attached hydrogen (secondary N) is 2. The lowest BCUT2D eigenvalue weighted by Crippen LogP contribution is -2.30. The number of hydrogen-bond acceptors (Lipinski definition) is 4. The SMILES string of the molecule is CCCCCCCOc1ccc(NCC(=O)Nc2cccc(C(=O)N(CC)CC)c2)cc1. The molecule has 2 amide bonds. The van der Waals surface area contributed by atoms with E-state index in [4.69, 9.17) is 4.74 Å². The molecule has 0 spiro atoms. The third-order valence-corrected chi connectivity index (χ3v) is 5.27. The Balaban J connectivity index is 1.77. The summed E-state index contributed by atoms with van der Waals surface area (Å²) in [5.74, 6) is 0.627. The smallest absolute Gasteiger partial charge is 0.253 e. The molecule has 32 heavy (non-hydrogen) atoms. The Labute approximate surface area is 192 Å². The number of carbonyl (C=O) groups is 2. The van der Waals surface area contributed by atoms with Gasteiger partial charge in [-0.15, -0.1) is 0 Å². The molecule has 6 heteroatoms. The monoisotopic (exact) mass is 439 g/mol. The van der Waals surface area contributed by atoms with Gasteiger partial charge in [0.05, 0.1) is 13.2 Å². The van der Waals surface area contributed by atoms with Crippen LogP contribution in [0.3, 0.4) is 0 Å². The van der Waals surface area contributed by atoms with Gasteiger partial charge < -0.3 is 20.3 Å². The molecule has 0 atom stereocenters. The van der Waals surface area contributed by atoms with Crippen LogP contribution in [-0.4, -0.2) is 43.0 Å². The Kier molecular flexibility index (Phi) is 11.1. The van der Waals surface area contributed by atoms with Crippen LogP contribution < -0.4 is 15.4 Å². The van der Waals surface area contributed by atoms with Gasteiger partial charge in [0, 0.05) is 30.0 Å². The summed E-state index contributed by atoms with van der Waals surface area (Å²) in [6.07, 6.45) is 6.07. The van der Waals surface area contributed by atoms with Gasteiger partial charge in [0.25, 0.3) is 5.91 Å². The maximum Gasteiger partial charge on any atom is 0.253 e. The van der Waals surface area contributed by atoms with Crippen molar-refractivity contribution in [2.45, 2.75) is 52.9 Å². The van der Waals surface area contributed by atoms with Gasteiger partial charge in [0.1, 0.15) is 5.75 Å². The van der Waals surface area contributed by atoms with Crippen LogP contribution in [0.1, 0.15) is 63.2 Å².